The van der Waals surface area contributed by atoms with Gasteiger partial charge in [-0.05, 0) is 62.6 Å². The SMILES string of the molecule is C/C=C/CC1CCC(NC(=O)Cc2ccc(O)c(OC)c2)CC1. The monoisotopic (exact) mass is 317 g/mol. The Balaban J connectivity index is 1.79. The normalized spacial score (nSPS) is 21.3. The quantitative estimate of drug-likeness (QED) is 0.788. The minimum atomic E-state index is 0.0367. The van der Waals surface area contributed by atoms with Crippen LogP contribution < -0.4 is 10.1 Å². The molecule has 1 aliphatic carbocycles. The third-order valence-corrected chi connectivity index (χ3v) is 4.53. The molecular weight excluding hydrogens is 290 g/mol. The number of phenolic OH excluding ortho intramolecular Hbond substituents is 1. The minimum Gasteiger partial charge on any atom is -0.504 e. The highest BCUT2D eigenvalue weighted by Crippen LogP contribution is 2.28. The molecule has 2 rings (SSSR count). The fraction of sp³-hybridized carbons (Fsp3) is 0.526. The smallest absolute Gasteiger partial charge is 0.224 e. The number of carbonyl (C=O) groups is 1. The van der Waals surface area contributed by atoms with Gasteiger partial charge in [-0.3, -0.25) is 4.79 Å². The first-order chi connectivity index (χ1) is 11.1. The molecule has 2 N–H and O–H groups in total. The molecule has 1 fully saturated rings. The Labute approximate surface area is 138 Å². The standard InChI is InChI=1S/C19H27NO3/c1-3-4-5-14-6-9-16(10-7-14)20-19(22)13-15-8-11-17(21)18(12-15)23-2/h3-4,8,11-12,14,16,21H,5-7,9-10,13H2,1-2H3,(H,20,22)/b4-3+. The minimum absolute atomic E-state index is 0.0367. The van der Waals surface area contributed by atoms with Crippen LogP contribution in [0.1, 0.15) is 44.6 Å². The Morgan fingerprint density at radius 1 is 1.35 bits per heavy atom. The fourth-order valence-electron chi connectivity index (χ4n) is 3.17. The van der Waals surface area contributed by atoms with Gasteiger partial charge in [0.1, 0.15) is 0 Å². The first-order valence-electron chi connectivity index (χ1n) is 8.38. The van der Waals surface area contributed by atoms with Crippen LogP contribution in [0.5, 0.6) is 11.5 Å². The van der Waals surface area contributed by atoms with E-state index >= 15 is 0 Å². The number of methoxy groups -OCH3 is 1. The van der Waals surface area contributed by atoms with E-state index in [1.807, 2.05) is 0 Å². The Morgan fingerprint density at radius 2 is 2.09 bits per heavy atom. The first kappa shape index (κ1) is 17.4. The van der Waals surface area contributed by atoms with Gasteiger partial charge in [0.25, 0.3) is 0 Å². The Morgan fingerprint density at radius 3 is 2.74 bits per heavy atom. The molecule has 0 saturated heterocycles. The van der Waals surface area contributed by atoms with E-state index < -0.39 is 0 Å². The summed E-state index contributed by atoms with van der Waals surface area (Å²) in [5, 5.41) is 12.7. The molecule has 4 nitrogen and oxygen atoms in total. The molecule has 1 saturated carbocycles. The maximum absolute atomic E-state index is 12.2. The summed E-state index contributed by atoms with van der Waals surface area (Å²) in [6, 6.07) is 5.32. The molecule has 1 aromatic carbocycles. The summed E-state index contributed by atoms with van der Waals surface area (Å²) in [4.78, 5) is 12.2. The molecular formula is C19H27NO3. The van der Waals surface area contributed by atoms with E-state index in [1.54, 1.807) is 18.2 Å². The van der Waals surface area contributed by atoms with Crippen molar-refractivity contribution in [3.05, 3.63) is 35.9 Å². The van der Waals surface area contributed by atoms with Gasteiger partial charge in [0.2, 0.25) is 5.91 Å². The molecule has 0 unspecified atom stereocenters. The van der Waals surface area contributed by atoms with Crippen LogP contribution in [0.25, 0.3) is 0 Å². The molecule has 4 heteroatoms. The van der Waals surface area contributed by atoms with Gasteiger partial charge in [-0.2, -0.15) is 0 Å². The molecule has 126 valence electrons. The zero-order valence-corrected chi connectivity index (χ0v) is 14.0. The average Bonchev–Trinajstić information content (AvgIpc) is 2.56. The summed E-state index contributed by atoms with van der Waals surface area (Å²) in [7, 11) is 1.51. The summed E-state index contributed by atoms with van der Waals surface area (Å²) < 4.78 is 5.07. The summed E-state index contributed by atoms with van der Waals surface area (Å²) in [5.74, 6) is 1.30. The van der Waals surface area contributed by atoms with Crippen LogP contribution in [0.4, 0.5) is 0 Å². The van der Waals surface area contributed by atoms with E-state index in [9.17, 15) is 9.90 Å². The van der Waals surface area contributed by atoms with Crippen molar-refractivity contribution >= 4 is 5.91 Å². The maximum Gasteiger partial charge on any atom is 0.224 e. The van der Waals surface area contributed by atoms with Crippen LogP contribution in [0.3, 0.4) is 0 Å². The summed E-state index contributed by atoms with van der Waals surface area (Å²) in [6.07, 6.45) is 10.3. The lowest BCUT2D eigenvalue weighted by molar-refractivity contribution is -0.121. The summed E-state index contributed by atoms with van der Waals surface area (Å²) in [6.45, 7) is 2.06. The number of benzene rings is 1. The van der Waals surface area contributed by atoms with Gasteiger partial charge >= 0.3 is 0 Å². The number of aromatic hydroxyl groups is 1. The molecule has 0 bridgehead atoms. The van der Waals surface area contributed by atoms with Crippen molar-refractivity contribution < 1.29 is 14.6 Å². The average molecular weight is 317 g/mol. The van der Waals surface area contributed by atoms with Crippen molar-refractivity contribution in [3.63, 3.8) is 0 Å². The fourth-order valence-corrected chi connectivity index (χ4v) is 3.17. The van der Waals surface area contributed by atoms with E-state index in [-0.39, 0.29) is 11.7 Å². The molecule has 1 amide bonds. The number of hydrogen-bond acceptors (Lipinski definition) is 3. The van der Waals surface area contributed by atoms with Crippen LogP contribution in [0.2, 0.25) is 0 Å². The van der Waals surface area contributed by atoms with E-state index in [0.29, 0.717) is 18.2 Å². The van der Waals surface area contributed by atoms with Crippen LogP contribution in [-0.4, -0.2) is 24.2 Å². The van der Waals surface area contributed by atoms with Gasteiger partial charge in [0.15, 0.2) is 11.5 Å². The summed E-state index contributed by atoms with van der Waals surface area (Å²) >= 11 is 0. The largest absolute Gasteiger partial charge is 0.504 e. The van der Waals surface area contributed by atoms with Gasteiger partial charge in [-0.25, -0.2) is 0 Å². The predicted octanol–water partition coefficient (Wildman–Crippen LogP) is 3.58. The Bertz CT molecular complexity index is 546. The van der Waals surface area contributed by atoms with Gasteiger partial charge in [0, 0.05) is 6.04 Å². The van der Waals surface area contributed by atoms with Crippen molar-refractivity contribution in [3.8, 4) is 11.5 Å². The van der Waals surface area contributed by atoms with E-state index in [1.165, 1.54) is 20.0 Å². The second kappa shape index (κ2) is 8.61. The van der Waals surface area contributed by atoms with Gasteiger partial charge < -0.3 is 15.2 Å². The van der Waals surface area contributed by atoms with E-state index in [2.05, 4.69) is 24.4 Å². The van der Waals surface area contributed by atoms with Crippen molar-refractivity contribution in [1.82, 2.24) is 5.32 Å². The lowest BCUT2D eigenvalue weighted by atomic mass is 9.84. The molecule has 0 atom stereocenters. The number of amides is 1. The van der Waals surface area contributed by atoms with Crippen molar-refractivity contribution in [2.45, 2.75) is 51.5 Å². The number of phenols is 1. The lowest BCUT2D eigenvalue weighted by Crippen LogP contribution is -2.38. The molecule has 0 radical (unpaired) electrons. The highest BCUT2D eigenvalue weighted by Gasteiger charge is 2.21. The number of carbonyl (C=O) groups excluding carboxylic acids is 1. The topological polar surface area (TPSA) is 58.6 Å². The van der Waals surface area contributed by atoms with Crippen LogP contribution >= 0.6 is 0 Å². The maximum atomic E-state index is 12.2. The molecule has 0 aromatic heterocycles. The van der Waals surface area contributed by atoms with Crippen LogP contribution in [0.15, 0.2) is 30.4 Å². The van der Waals surface area contributed by atoms with Crippen LogP contribution in [0, 0.1) is 5.92 Å². The number of hydrogen-bond donors (Lipinski definition) is 2. The second-order valence-corrected chi connectivity index (χ2v) is 6.27. The summed E-state index contributed by atoms with van der Waals surface area (Å²) in [5.41, 5.74) is 0.846. The van der Waals surface area contributed by atoms with Crippen molar-refractivity contribution in [2.24, 2.45) is 5.92 Å². The Hall–Kier alpha value is -1.97. The lowest BCUT2D eigenvalue weighted by Gasteiger charge is -2.28. The first-order valence-corrected chi connectivity index (χ1v) is 8.38. The second-order valence-electron chi connectivity index (χ2n) is 6.27. The van der Waals surface area contributed by atoms with Crippen LogP contribution in [-0.2, 0) is 11.2 Å². The third kappa shape index (κ3) is 5.31. The van der Waals surface area contributed by atoms with E-state index in [4.69, 9.17) is 4.74 Å². The molecule has 1 aromatic rings. The van der Waals surface area contributed by atoms with Crippen molar-refractivity contribution in [2.75, 3.05) is 7.11 Å². The highest BCUT2D eigenvalue weighted by molar-refractivity contribution is 5.79. The molecule has 0 aliphatic heterocycles. The van der Waals surface area contributed by atoms with Gasteiger partial charge in [-0.1, -0.05) is 18.2 Å². The Kier molecular flexibility index (Phi) is 6.51. The number of nitrogens with one attached hydrogen (secondary N) is 1. The van der Waals surface area contributed by atoms with Crippen molar-refractivity contribution in [1.29, 1.82) is 0 Å². The van der Waals surface area contributed by atoms with Gasteiger partial charge in [0.05, 0.1) is 13.5 Å². The molecule has 0 spiro atoms. The zero-order valence-electron chi connectivity index (χ0n) is 14.0. The van der Waals surface area contributed by atoms with Gasteiger partial charge in [-0.15, -0.1) is 0 Å². The predicted molar refractivity (Wildman–Crippen MR) is 91.7 cm³/mol. The molecule has 0 heterocycles. The van der Waals surface area contributed by atoms with E-state index in [0.717, 1.165) is 30.7 Å². The number of ether oxygens (including phenoxy) is 1. The number of allylic oxidation sites excluding steroid dienone is 2. The number of rotatable bonds is 6. The third-order valence-electron chi connectivity index (χ3n) is 4.53. The molecule has 1 aliphatic rings. The highest BCUT2D eigenvalue weighted by atomic mass is 16.5. The zero-order chi connectivity index (χ0) is 16.7. The molecule has 23 heavy (non-hydrogen) atoms.